The predicted molar refractivity (Wildman–Crippen MR) is 76.5 cm³/mol. The van der Waals surface area contributed by atoms with Crippen molar-refractivity contribution in [3.05, 3.63) is 22.8 Å². The van der Waals surface area contributed by atoms with Crippen LogP contribution in [0.5, 0.6) is 0 Å². The highest BCUT2D eigenvalue weighted by atomic mass is 32.1. The number of aromatic nitrogens is 1. The number of rotatable bonds is 5. The summed E-state index contributed by atoms with van der Waals surface area (Å²) in [6, 6.07) is 0. The molecule has 1 N–H and O–H groups in total. The highest BCUT2D eigenvalue weighted by Crippen LogP contribution is 2.30. The van der Waals surface area contributed by atoms with E-state index in [-0.39, 0.29) is 0 Å². The minimum Gasteiger partial charge on any atom is -0.384 e. The van der Waals surface area contributed by atoms with E-state index < -0.39 is 6.10 Å². The highest BCUT2D eigenvalue weighted by Gasteiger charge is 2.13. The molecular weight excluding hydrogens is 248 g/mol. The van der Waals surface area contributed by atoms with Gasteiger partial charge in [-0.15, -0.1) is 0 Å². The van der Waals surface area contributed by atoms with Gasteiger partial charge in [0, 0.05) is 28.2 Å². The van der Waals surface area contributed by atoms with Crippen molar-refractivity contribution in [3.63, 3.8) is 0 Å². The molecule has 0 aliphatic carbocycles. The molecule has 1 unspecified atom stereocenters. The minimum absolute atomic E-state index is 0.631. The van der Waals surface area contributed by atoms with Gasteiger partial charge in [0.15, 0.2) is 0 Å². The van der Waals surface area contributed by atoms with E-state index in [1.54, 1.807) is 12.4 Å². The Morgan fingerprint density at radius 1 is 1.28 bits per heavy atom. The first-order valence-electron chi connectivity index (χ1n) is 5.61. The fourth-order valence-corrected chi connectivity index (χ4v) is 2.10. The van der Waals surface area contributed by atoms with Crippen LogP contribution >= 0.6 is 11.3 Å². The van der Waals surface area contributed by atoms with E-state index in [1.807, 2.05) is 51.1 Å². The second-order valence-electron chi connectivity index (χ2n) is 4.40. The van der Waals surface area contributed by atoms with Crippen LogP contribution in [0.1, 0.15) is 16.7 Å². The quantitative estimate of drug-likeness (QED) is 0.653. The summed E-state index contributed by atoms with van der Waals surface area (Å²) in [5, 5.41) is 10.7. The van der Waals surface area contributed by atoms with E-state index in [0.29, 0.717) is 5.13 Å². The Morgan fingerprint density at radius 3 is 2.50 bits per heavy atom. The molecule has 1 aromatic rings. The average Bonchev–Trinajstić information content (AvgIpc) is 2.64. The Hall–Kier alpha value is -1.40. The molecule has 1 heterocycles. The summed E-state index contributed by atoms with van der Waals surface area (Å²) in [5.74, 6) is 0. The number of aliphatic imine (C=N–C) groups is 1. The van der Waals surface area contributed by atoms with Crippen molar-refractivity contribution in [2.24, 2.45) is 4.99 Å². The van der Waals surface area contributed by atoms with Crippen LogP contribution in [-0.4, -0.2) is 54.4 Å². The molecule has 0 aromatic carbocycles. The number of aryl methyl sites for hydroxylation is 1. The van der Waals surface area contributed by atoms with Gasteiger partial charge in [0.05, 0.1) is 16.9 Å². The van der Waals surface area contributed by atoms with Crippen LogP contribution in [0.2, 0.25) is 0 Å². The number of nitrogens with zero attached hydrogens (tertiary/aromatic N) is 4. The van der Waals surface area contributed by atoms with Crippen molar-refractivity contribution in [1.82, 2.24) is 14.8 Å². The van der Waals surface area contributed by atoms with Gasteiger partial charge in [-0.25, -0.2) is 9.98 Å². The fraction of sp³-hybridized carbons (Fsp3) is 0.500. The lowest BCUT2D eigenvalue weighted by molar-refractivity contribution is 0.229. The maximum absolute atomic E-state index is 10.0. The molecule has 1 atom stereocenters. The molecule has 0 fully saturated rings. The van der Waals surface area contributed by atoms with Gasteiger partial charge in [-0.2, -0.15) is 0 Å². The van der Waals surface area contributed by atoms with Crippen LogP contribution < -0.4 is 0 Å². The fourth-order valence-electron chi connectivity index (χ4n) is 1.23. The molecule has 100 valence electrons. The maximum Gasteiger partial charge on any atom is 0.211 e. The molecule has 18 heavy (non-hydrogen) atoms. The normalized spacial score (nSPS) is 13.4. The summed E-state index contributed by atoms with van der Waals surface area (Å²) in [7, 11) is 7.63. The summed E-state index contributed by atoms with van der Waals surface area (Å²) in [5.41, 5.74) is 0.821. The maximum atomic E-state index is 10.0. The second kappa shape index (κ2) is 6.51. The SMILES string of the molecule is Cc1nc(N=CN(C)C)sc1C(O)C=CN(C)C. The van der Waals surface area contributed by atoms with Gasteiger partial charge in [-0.3, -0.25) is 0 Å². The molecule has 0 saturated heterocycles. The molecule has 0 aliphatic heterocycles. The molecule has 0 amide bonds. The zero-order chi connectivity index (χ0) is 13.7. The van der Waals surface area contributed by atoms with Gasteiger partial charge in [-0.1, -0.05) is 11.3 Å². The largest absolute Gasteiger partial charge is 0.384 e. The Morgan fingerprint density at radius 2 is 1.94 bits per heavy atom. The van der Waals surface area contributed by atoms with Crippen molar-refractivity contribution >= 4 is 22.8 Å². The predicted octanol–water partition coefficient (Wildman–Crippen LogP) is 1.78. The van der Waals surface area contributed by atoms with E-state index >= 15 is 0 Å². The summed E-state index contributed by atoms with van der Waals surface area (Å²) < 4.78 is 0. The highest BCUT2D eigenvalue weighted by molar-refractivity contribution is 7.15. The van der Waals surface area contributed by atoms with Crippen LogP contribution in [0.25, 0.3) is 0 Å². The summed E-state index contributed by atoms with van der Waals surface area (Å²) in [4.78, 5) is 13.1. The van der Waals surface area contributed by atoms with Crippen LogP contribution in [0.4, 0.5) is 5.13 Å². The van der Waals surface area contributed by atoms with Crippen molar-refractivity contribution in [1.29, 1.82) is 0 Å². The lowest BCUT2D eigenvalue weighted by Gasteiger charge is -2.06. The number of hydrogen-bond donors (Lipinski definition) is 1. The van der Waals surface area contributed by atoms with Gasteiger partial charge in [0.25, 0.3) is 0 Å². The van der Waals surface area contributed by atoms with Crippen molar-refractivity contribution < 1.29 is 5.11 Å². The van der Waals surface area contributed by atoms with Crippen LogP contribution in [-0.2, 0) is 0 Å². The van der Waals surface area contributed by atoms with Crippen molar-refractivity contribution in [2.75, 3.05) is 28.2 Å². The lowest BCUT2D eigenvalue weighted by Crippen LogP contribution is -2.06. The third kappa shape index (κ3) is 4.46. The van der Waals surface area contributed by atoms with E-state index in [0.717, 1.165) is 10.6 Å². The molecule has 1 rings (SSSR count). The number of aliphatic hydroxyl groups excluding tert-OH is 1. The monoisotopic (exact) mass is 268 g/mol. The first-order chi connectivity index (χ1) is 8.40. The number of aliphatic hydroxyl groups is 1. The molecule has 0 bridgehead atoms. The first-order valence-corrected chi connectivity index (χ1v) is 6.42. The average molecular weight is 268 g/mol. The molecule has 0 spiro atoms. The summed E-state index contributed by atoms with van der Waals surface area (Å²) in [6.45, 7) is 1.88. The second-order valence-corrected chi connectivity index (χ2v) is 5.41. The zero-order valence-electron chi connectivity index (χ0n) is 11.5. The van der Waals surface area contributed by atoms with Gasteiger partial charge in [-0.05, 0) is 19.2 Å². The van der Waals surface area contributed by atoms with Gasteiger partial charge in [0.1, 0.15) is 6.10 Å². The molecule has 0 aliphatic rings. The van der Waals surface area contributed by atoms with E-state index in [2.05, 4.69) is 9.98 Å². The minimum atomic E-state index is -0.631. The molecule has 1 aromatic heterocycles. The third-order valence-electron chi connectivity index (χ3n) is 2.06. The Kier molecular flexibility index (Phi) is 5.30. The molecule has 0 radical (unpaired) electrons. The Labute approximate surface area is 112 Å². The molecule has 0 saturated carbocycles. The van der Waals surface area contributed by atoms with Crippen LogP contribution in [0.3, 0.4) is 0 Å². The zero-order valence-corrected chi connectivity index (χ0v) is 12.3. The lowest BCUT2D eigenvalue weighted by atomic mass is 10.2. The smallest absolute Gasteiger partial charge is 0.211 e. The molecular formula is C12H20N4OS. The van der Waals surface area contributed by atoms with Gasteiger partial charge in [0.2, 0.25) is 5.13 Å². The van der Waals surface area contributed by atoms with E-state index in [9.17, 15) is 5.11 Å². The molecule has 5 nitrogen and oxygen atoms in total. The van der Waals surface area contributed by atoms with Gasteiger partial charge < -0.3 is 14.9 Å². The first kappa shape index (κ1) is 14.7. The van der Waals surface area contributed by atoms with E-state index in [4.69, 9.17) is 0 Å². The standard InChI is InChI=1S/C12H20N4OS/c1-9-11(10(17)6-7-15(2)3)18-12(14-9)13-8-16(4)5/h6-8,10,17H,1-5H3. The Balaban J connectivity index is 2.84. The van der Waals surface area contributed by atoms with Crippen LogP contribution in [0, 0.1) is 6.92 Å². The number of hydrogen-bond acceptors (Lipinski definition) is 5. The van der Waals surface area contributed by atoms with Crippen molar-refractivity contribution in [3.8, 4) is 0 Å². The third-order valence-corrected chi connectivity index (χ3v) is 3.19. The van der Waals surface area contributed by atoms with E-state index in [1.165, 1.54) is 11.3 Å². The Bertz CT molecular complexity index is 437. The van der Waals surface area contributed by atoms with Crippen molar-refractivity contribution in [2.45, 2.75) is 13.0 Å². The van der Waals surface area contributed by atoms with Gasteiger partial charge >= 0.3 is 0 Å². The number of thiazole rings is 1. The molecule has 6 heteroatoms. The summed E-state index contributed by atoms with van der Waals surface area (Å²) in [6.07, 6.45) is 4.63. The topological polar surface area (TPSA) is 52.0 Å². The van der Waals surface area contributed by atoms with Crippen LogP contribution in [0.15, 0.2) is 17.3 Å². The summed E-state index contributed by atoms with van der Waals surface area (Å²) >= 11 is 1.41.